The Bertz CT molecular complexity index is 803. The Balaban J connectivity index is 1.86. The summed E-state index contributed by atoms with van der Waals surface area (Å²) in [5.41, 5.74) is 0.462. The summed E-state index contributed by atoms with van der Waals surface area (Å²) in [6.07, 6.45) is 4.70. The molecule has 3 rings (SSSR count). The van der Waals surface area contributed by atoms with Crippen molar-refractivity contribution in [1.82, 2.24) is 0 Å². The molecule has 158 valence electrons. The van der Waals surface area contributed by atoms with E-state index in [4.69, 9.17) is 14.2 Å². The Morgan fingerprint density at radius 1 is 1.38 bits per heavy atom. The number of esters is 1. The van der Waals surface area contributed by atoms with Crippen molar-refractivity contribution in [3.05, 3.63) is 15.8 Å². The molecule has 0 atom stereocenters. The van der Waals surface area contributed by atoms with Gasteiger partial charge in [0, 0.05) is 24.3 Å². The van der Waals surface area contributed by atoms with Gasteiger partial charge in [0.25, 0.3) is 0 Å². The van der Waals surface area contributed by atoms with Gasteiger partial charge in [-0.3, -0.25) is 4.79 Å². The number of nitrogens with zero attached hydrogens (tertiary/aromatic N) is 1. The average Bonchev–Trinajstić information content (AvgIpc) is 3.36. The van der Waals surface area contributed by atoms with Crippen LogP contribution in [0.15, 0.2) is 6.07 Å². The lowest BCUT2D eigenvalue weighted by Gasteiger charge is -2.38. The second-order valence-electron chi connectivity index (χ2n) is 8.16. The van der Waals surface area contributed by atoms with Crippen LogP contribution < -0.4 is 4.90 Å². The van der Waals surface area contributed by atoms with E-state index < -0.39 is 11.8 Å². The Morgan fingerprint density at radius 3 is 2.59 bits per heavy atom. The summed E-state index contributed by atoms with van der Waals surface area (Å²) in [5, 5.41) is 0. The largest absolute Gasteiger partial charge is 0.465 e. The number of amides is 1. The molecule has 0 bridgehead atoms. The maximum absolute atomic E-state index is 12.4. The Hall–Kier alpha value is -1.88. The van der Waals surface area contributed by atoms with Crippen molar-refractivity contribution in [2.24, 2.45) is 5.41 Å². The van der Waals surface area contributed by atoms with E-state index in [1.165, 1.54) is 18.4 Å². The van der Waals surface area contributed by atoms with Crippen LogP contribution in [0.5, 0.6) is 0 Å². The highest BCUT2D eigenvalue weighted by atomic mass is 32.1. The van der Waals surface area contributed by atoms with Crippen LogP contribution in [0, 0.1) is 17.3 Å². The minimum absolute atomic E-state index is 0.0168. The Labute approximate surface area is 176 Å². The number of carbonyl (C=O) groups excluding carboxylic acids is 2. The lowest BCUT2D eigenvalue weighted by molar-refractivity contribution is -0.178. The lowest BCUT2D eigenvalue weighted by atomic mass is 9.89. The monoisotopic (exact) mass is 419 g/mol. The van der Waals surface area contributed by atoms with Crippen LogP contribution in [0.3, 0.4) is 0 Å². The third-order valence-corrected chi connectivity index (χ3v) is 6.83. The van der Waals surface area contributed by atoms with Crippen LogP contribution in [-0.2, 0) is 19.0 Å². The molecule has 0 aromatic carbocycles. The van der Waals surface area contributed by atoms with E-state index in [1.807, 2.05) is 6.07 Å². The van der Waals surface area contributed by atoms with Crippen molar-refractivity contribution in [3.63, 3.8) is 0 Å². The quantitative estimate of drug-likeness (QED) is 0.410. The molecule has 2 heterocycles. The molecule has 2 fully saturated rings. The van der Waals surface area contributed by atoms with Gasteiger partial charge in [-0.2, -0.15) is 0 Å². The number of ether oxygens (including phenoxy) is 3. The van der Waals surface area contributed by atoms with E-state index in [1.54, 1.807) is 4.90 Å². The van der Waals surface area contributed by atoms with Gasteiger partial charge in [-0.1, -0.05) is 18.8 Å². The average molecular weight is 420 g/mol. The van der Waals surface area contributed by atoms with E-state index >= 15 is 0 Å². The number of methoxy groups -OCH3 is 1. The zero-order valence-electron chi connectivity index (χ0n) is 17.6. The van der Waals surface area contributed by atoms with E-state index in [0.717, 1.165) is 43.4 Å². The van der Waals surface area contributed by atoms with Crippen LogP contribution in [0.4, 0.5) is 5.69 Å². The molecule has 6 nitrogen and oxygen atoms in total. The second-order valence-corrected chi connectivity index (χ2v) is 9.21. The SMILES string of the molecule is CCC(C)(C)C#Cc1cc(N(C=O)C2CCC3(CC2)OCCO3)c(C(=O)OC)s1. The summed E-state index contributed by atoms with van der Waals surface area (Å²) in [4.78, 5) is 27.2. The molecule has 1 spiro atoms. The number of hydrogen-bond donors (Lipinski definition) is 0. The third-order valence-electron chi connectivity index (χ3n) is 5.81. The van der Waals surface area contributed by atoms with Gasteiger partial charge in [-0.15, -0.1) is 11.3 Å². The number of rotatable bonds is 5. The molecule has 1 aliphatic carbocycles. The molecular formula is C22H29NO5S. The fourth-order valence-electron chi connectivity index (χ4n) is 3.64. The van der Waals surface area contributed by atoms with Gasteiger partial charge in [-0.05, 0) is 39.2 Å². The van der Waals surface area contributed by atoms with E-state index in [9.17, 15) is 9.59 Å². The summed E-state index contributed by atoms with van der Waals surface area (Å²) < 4.78 is 16.5. The summed E-state index contributed by atoms with van der Waals surface area (Å²) in [5.74, 6) is 5.49. The minimum Gasteiger partial charge on any atom is -0.465 e. The van der Waals surface area contributed by atoms with Crippen molar-refractivity contribution in [1.29, 1.82) is 0 Å². The highest BCUT2D eigenvalue weighted by molar-refractivity contribution is 7.15. The van der Waals surface area contributed by atoms with Gasteiger partial charge in [0.05, 0.1) is 30.9 Å². The zero-order valence-corrected chi connectivity index (χ0v) is 18.4. The first-order valence-corrected chi connectivity index (χ1v) is 10.9. The molecule has 0 N–H and O–H groups in total. The molecule has 1 saturated heterocycles. The number of hydrogen-bond acceptors (Lipinski definition) is 6. The second kappa shape index (κ2) is 8.86. The molecule has 7 heteroatoms. The standard InChI is InChI=1S/C22H29NO5S/c1-5-21(2,3)9-8-17-14-18(19(29-17)20(25)26-4)23(15-24)16-6-10-22(11-7-16)27-12-13-28-22/h14-16H,5-7,10-13H2,1-4H3. The van der Waals surface area contributed by atoms with Crippen LogP contribution in [0.2, 0.25) is 0 Å². The molecule has 1 aromatic heterocycles. The van der Waals surface area contributed by atoms with Gasteiger partial charge in [-0.25, -0.2) is 4.79 Å². The first-order chi connectivity index (χ1) is 13.8. The van der Waals surface area contributed by atoms with Crippen molar-refractivity contribution in [3.8, 4) is 11.8 Å². The van der Waals surface area contributed by atoms with E-state index in [2.05, 4.69) is 32.6 Å². The molecule has 29 heavy (non-hydrogen) atoms. The highest BCUT2D eigenvalue weighted by Gasteiger charge is 2.42. The molecular weight excluding hydrogens is 390 g/mol. The first kappa shape index (κ1) is 21.8. The van der Waals surface area contributed by atoms with E-state index in [0.29, 0.717) is 23.8 Å². The van der Waals surface area contributed by atoms with Crippen molar-refractivity contribution >= 4 is 29.4 Å². The Kier molecular flexibility index (Phi) is 6.67. The fourth-order valence-corrected chi connectivity index (χ4v) is 4.57. The van der Waals surface area contributed by atoms with E-state index in [-0.39, 0.29) is 11.5 Å². The maximum atomic E-state index is 12.4. The normalized spacial score (nSPS) is 18.9. The topological polar surface area (TPSA) is 65.1 Å². The van der Waals surface area contributed by atoms with Crippen LogP contribution in [-0.4, -0.2) is 44.5 Å². The number of carbonyl (C=O) groups is 2. The zero-order chi connectivity index (χ0) is 21.1. The predicted octanol–water partition coefficient (Wildman–Crippen LogP) is 3.97. The minimum atomic E-state index is -0.493. The molecule has 1 aliphatic heterocycles. The summed E-state index contributed by atoms with van der Waals surface area (Å²) >= 11 is 1.27. The lowest BCUT2D eigenvalue weighted by Crippen LogP contribution is -2.44. The van der Waals surface area contributed by atoms with Crippen LogP contribution >= 0.6 is 11.3 Å². The van der Waals surface area contributed by atoms with Crippen LogP contribution in [0.25, 0.3) is 0 Å². The fraction of sp³-hybridized carbons (Fsp3) is 0.636. The van der Waals surface area contributed by atoms with Crippen molar-refractivity contribution < 1.29 is 23.8 Å². The summed E-state index contributed by atoms with van der Waals surface area (Å²) in [6, 6.07) is 1.81. The van der Waals surface area contributed by atoms with Gasteiger partial charge < -0.3 is 19.1 Å². The molecule has 1 amide bonds. The smallest absolute Gasteiger partial charge is 0.350 e. The van der Waals surface area contributed by atoms with Crippen molar-refractivity contribution in [2.45, 2.75) is 64.7 Å². The predicted molar refractivity (Wildman–Crippen MR) is 112 cm³/mol. The molecule has 0 unspecified atom stereocenters. The van der Waals surface area contributed by atoms with Crippen LogP contribution in [0.1, 0.15) is 67.4 Å². The first-order valence-electron chi connectivity index (χ1n) is 10.1. The van der Waals surface area contributed by atoms with Gasteiger partial charge in [0.1, 0.15) is 4.88 Å². The molecule has 1 aromatic rings. The Morgan fingerprint density at radius 2 is 2.03 bits per heavy atom. The summed E-state index contributed by atoms with van der Waals surface area (Å²) in [6.45, 7) is 7.50. The van der Waals surface area contributed by atoms with Crippen molar-refractivity contribution in [2.75, 3.05) is 25.2 Å². The van der Waals surface area contributed by atoms with Gasteiger partial charge >= 0.3 is 5.97 Å². The third kappa shape index (κ3) is 4.82. The summed E-state index contributed by atoms with van der Waals surface area (Å²) in [7, 11) is 1.35. The molecule has 2 aliphatic rings. The number of anilines is 1. The highest BCUT2D eigenvalue weighted by Crippen LogP contribution is 2.40. The van der Waals surface area contributed by atoms with Gasteiger partial charge in [0.2, 0.25) is 6.41 Å². The molecule has 0 radical (unpaired) electrons. The molecule has 1 saturated carbocycles. The maximum Gasteiger partial charge on any atom is 0.350 e. The number of thiophene rings is 1. The van der Waals surface area contributed by atoms with Gasteiger partial charge in [0.15, 0.2) is 5.79 Å².